The Morgan fingerprint density at radius 2 is 2.13 bits per heavy atom. The van der Waals surface area contributed by atoms with E-state index in [4.69, 9.17) is 33.7 Å². The lowest BCUT2D eigenvalue weighted by atomic mass is 9.95. The third kappa shape index (κ3) is 1.46. The zero-order valence-corrected chi connectivity index (χ0v) is 14.0. The third-order valence-electron chi connectivity index (χ3n) is 4.88. The number of thioether (sulfide) groups is 1. The summed E-state index contributed by atoms with van der Waals surface area (Å²) in [5.74, 6) is 0.354. The minimum Gasteiger partial charge on any atom is -0.386 e. The van der Waals surface area contributed by atoms with Gasteiger partial charge in [-0.25, -0.2) is 4.99 Å². The molecule has 2 heterocycles. The SMILES string of the molecule is N#C[C@@]12[C@H](c3ccc(Cl)cc3Cl)[C@]1(C#N)C(N)=N[C@@]21OCCS1. The molecule has 1 aromatic rings. The second-order valence-corrected chi connectivity index (χ2v) is 7.81. The van der Waals surface area contributed by atoms with Gasteiger partial charge in [-0.05, 0) is 17.7 Å². The van der Waals surface area contributed by atoms with Gasteiger partial charge in [-0.1, -0.05) is 41.0 Å². The van der Waals surface area contributed by atoms with E-state index in [1.807, 2.05) is 0 Å². The van der Waals surface area contributed by atoms with E-state index in [0.29, 0.717) is 28.0 Å². The Balaban J connectivity index is 1.95. The molecule has 8 heteroatoms. The van der Waals surface area contributed by atoms with Gasteiger partial charge in [-0.15, -0.1) is 0 Å². The molecule has 0 aromatic heterocycles. The highest BCUT2D eigenvalue weighted by Gasteiger charge is 2.93. The molecule has 1 aliphatic carbocycles. The number of hydrogen-bond donors (Lipinski definition) is 1. The Bertz CT molecular complexity index is 839. The van der Waals surface area contributed by atoms with Gasteiger partial charge in [0.25, 0.3) is 0 Å². The van der Waals surface area contributed by atoms with Crippen LogP contribution in [0.5, 0.6) is 0 Å². The summed E-state index contributed by atoms with van der Waals surface area (Å²) in [7, 11) is 0. The van der Waals surface area contributed by atoms with E-state index in [2.05, 4.69) is 17.1 Å². The van der Waals surface area contributed by atoms with Crippen LogP contribution in [0.15, 0.2) is 23.2 Å². The molecule has 23 heavy (non-hydrogen) atoms. The topological polar surface area (TPSA) is 95.2 Å². The number of nitriles is 2. The van der Waals surface area contributed by atoms with Gasteiger partial charge in [0.1, 0.15) is 11.3 Å². The number of benzene rings is 1. The van der Waals surface area contributed by atoms with Gasteiger partial charge in [0.2, 0.25) is 5.06 Å². The summed E-state index contributed by atoms with van der Waals surface area (Å²) in [4.78, 5) is 4.38. The lowest BCUT2D eigenvalue weighted by Gasteiger charge is -2.26. The second-order valence-electron chi connectivity index (χ2n) is 5.71. The molecule has 0 bridgehead atoms. The number of hydrogen-bond acceptors (Lipinski definition) is 6. The van der Waals surface area contributed by atoms with Crippen LogP contribution in [0.1, 0.15) is 11.5 Å². The molecule has 1 aromatic carbocycles. The highest BCUT2D eigenvalue weighted by Crippen LogP contribution is 2.84. The quantitative estimate of drug-likeness (QED) is 0.826. The lowest BCUT2D eigenvalue weighted by Crippen LogP contribution is -2.34. The van der Waals surface area contributed by atoms with Gasteiger partial charge < -0.3 is 10.5 Å². The number of halogens is 2. The summed E-state index contributed by atoms with van der Waals surface area (Å²) < 4.78 is 5.81. The number of amidine groups is 1. The van der Waals surface area contributed by atoms with E-state index in [-0.39, 0.29) is 5.84 Å². The van der Waals surface area contributed by atoms with Crippen molar-refractivity contribution >= 4 is 40.8 Å². The number of ether oxygens (including phenoxy) is 1. The highest BCUT2D eigenvalue weighted by molar-refractivity contribution is 8.00. The molecule has 5 nitrogen and oxygen atoms in total. The van der Waals surface area contributed by atoms with Gasteiger partial charge >= 0.3 is 0 Å². The molecule has 1 spiro atoms. The van der Waals surface area contributed by atoms with E-state index in [1.54, 1.807) is 18.2 Å². The minimum absolute atomic E-state index is 0.145. The van der Waals surface area contributed by atoms with Crippen molar-refractivity contribution in [3.05, 3.63) is 33.8 Å². The molecule has 116 valence electrons. The molecule has 3 aliphatic rings. The number of rotatable bonds is 1. The average Bonchev–Trinajstić information content (AvgIpc) is 2.77. The van der Waals surface area contributed by atoms with Crippen molar-refractivity contribution in [1.82, 2.24) is 0 Å². The fourth-order valence-electron chi connectivity index (χ4n) is 3.92. The number of aliphatic imine (C=N–C) groups is 1. The zero-order valence-electron chi connectivity index (χ0n) is 11.7. The molecule has 1 saturated carbocycles. The summed E-state index contributed by atoms with van der Waals surface area (Å²) in [6, 6.07) is 9.57. The van der Waals surface area contributed by atoms with Crippen LogP contribution in [0.25, 0.3) is 0 Å². The summed E-state index contributed by atoms with van der Waals surface area (Å²) in [6.07, 6.45) is 0. The van der Waals surface area contributed by atoms with Gasteiger partial charge in [-0.3, -0.25) is 0 Å². The standard InChI is InChI=1S/C15H10Cl2N4OS/c16-8-1-2-9(10(17)5-8)11-13(6-18)12(20)21-15(14(11,13)7-19)22-3-4-23-15/h1-2,5,11H,3-4H2,(H2,20,21)/t11-,13-,14-,15-/m1/s1. The summed E-state index contributed by atoms with van der Waals surface area (Å²) >= 11 is 13.7. The lowest BCUT2D eigenvalue weighted by molar-refractivity contribution is 0.0200. The van der Waals surface area contributed by atoms with Crippen LogP contribution in [0.2, 0.25) is 10.0 Å². The fraction of sp³-hybridized carbons (Fsp3) is 0.400. The van der Waals surface area contributed by atoms with Crippen molar-refractivity contribution in [3.8, 4) is 12.1 Å². The van der Waals surface area contributed by atoms with Crippen molar-refractivity contribution in [1.29, 1.82) is 10.5 Å². The van der Waals surface area contributed by atoms with E-state index >= 15 is 0 Å². The average molecular weight is 365 g/mol. The van der Waals surface area contributed by atoms with Crippen LogP contribution >= 0.6 is 35.0 Å². The van der Waals surface area contributed by atoms with Crippen LogP contribution in [-0.2, 0) is 4.74 Å². The molecule has 4 atom stereocenters. The first-order chi connectivity index (χ1) is 11.0. The van der Waals surface area contributed by atoms with Gasteiger partial charge in [0.15, 0.2) is 5.41 Å². The molecule has 2 fully saturated rings. The Hall–Kier alpha value is -1.44. The van der Waals surface area contributed by atoms with Crippen LogP contribution in [-0.4, -0.2) is 23.3 Å². The van der Waals surface area contributed by atoms with Crippen molar-refractivity contribution in [3.63, 3.8) is 0 Å². The maximum Gasteiger partial charge on any atom is 0.230 e. The predicted octanol–water partition coefficient (Wildman–Crippen LogP) is 2.90. The zero-order chi connectivity index (χ0) is 16.5. The van der Waals surface area contributed by atoms with Crippen molar-refractivity contribution in [2.75, 3.05) is 12.4 Å². The van der Waals surface area contributed by atoms with Crippen molar-refractivity contribution < 1.29 is 4.74 Å². The minimum atomic E-state index is -1.21. The van der Waals surface area contributed by atoms with Gasteiger partial charge in [0, 0.05) is 21.7 Å². The Morgan fingerprint density at radius 3 is 2.70 bits per heavy atom. The Kier molecular flexibility index (Phi) is 2.99. The second kappa shape index (κ2) is 4.55. The van der Waals surface area contributed by atoms with Crippen LogP contribution in [0.3, 0.4) is 0 Å². The molecule has 2 aliphatic heterocycles. The fourth-order valence-corrected chi connectivity index (χ4v) is 5.76. The molecule has 4 rings (SSSR count). The molecule has 0 radical (unpaired) electrons. The number of nitrogens with two attached hydrogens (primary N) is 1. The monoisotopic (exact) mass is 364 g/mol. The van der Waals surface area contributed by atoms with E-state index < -0.39 is 21.8 Å². The Labute approximate surface area is 147 Å². The van der Waals surface area contributed by atoms with Gasteiger partial charge in [-0.2, -0.15) is 10.5 Å². The summed E-state index contributed by atoms with van der Waals surface area (Å²) in [6.45, 7) is 0.466. The highest BCUT2D eigenvalue weighted by atomic mass is 35.5. The molecule has 0 amide bonds. The van der Waals surface area contributed by atoms with Crippen LogP contribution in [0.4, 0.5) is 0 Å². The first-order valence-electron chi connectivity index (χ1n) is 6.90. The van der Waals surface area contributed by atoms with Crippen molar-refractivity contribution in [2.24, 2.45) is 21.6 Å². The van der Waals surface area contributed by atoms with Crippen LogP contribution < -0.4 is 5.73 Å². The van der Waals surface area contributed by atoms with E-state index in [9.17, 15) is 10.5 Å². The molecular weight excluding hydrogens is 355 g/mol. The Morgan fingerprint density at radius 1 is 1.35 bits per heavy atom. The first kappa shape index (κ1) is 15.1. The maximum absolute atomic E-state index is 9.99. The third-order valence-corrected chi connectivity index (χ3v) is 6.74. The molecule has 1 saturated heterocycles. The van der Waals surface area contributed by atoms with Crippen molar-refractivity contribution in [2.45, 2.75) is 11.0 Å². The maximum atomic E-state index is 9.99. The smallest absolute Gasteiger partial charge is 0.230 e. The predicted molar refractivity (Wildman–Crippen MR) is 88.1 cm³/mol. The van der Waals surface area contributed by atoms with E-state index in [0.717, 1.165) is 0 Å². The largest absolute Gasteiger partial charge is 0.386 e. The van der Waals surface area contributed by atoms with Gasteiger partial charge in [0.05, 0.1) is 18.7 Å². The molecule has 2 N–H and O–H groups in total. The molecule has 0 unspecified atom stereocenters. The number of fused-ring (bicyclic) bond motifs is 2. The van der Waals surface area contributed by atoms with Crippen LogP contribution in [0, 0.1) is 33.5 Å². The number of nitrogens with zero attached hydrogens (tertiary/aromatic N) is 3. The normalized spacial score (nSPS) is 40.3. The molecular formula is C15H10Cl2N4OS. The van der Waals surface area contributed by atoms with E-state index in [1.165, 1.54) is 11.8 Å². The summed E-state index contributed by atoms with van der Waals surface area (Å²) in [5, 5.41) is 19.6. The summed E-state index contributed by atoms with van der Waals surface area (Å²) in [5.41, 5.74) is 4.40. The first-order valence-corrected chi connectivity index (χ1v) is 8.64.